The molecule has 0 fully saturated rings. The van der Waals surface area contributed by atoms with Crippen LogP contribution >= 0.6 is 11.3 Å². The maximum absolute atomic E-state index is 12.2. The number of thiophene rings is 1. The Balaban J connectivity index is 1.95. The van der Waals surface area contributed by atoms with Crippen molar-refractivity contribution in [3.63, 3.8) is 0 Å². The summed E-state index contributed by atoms with van der Waals surface area (Å²) in [5, 5.41) is 2.58. The molecule has 6 nitrogen and oxygen atoms in total. The van der Waals surface area contributed by atoms with Crippen LogP contribution in [0.1, 0.15) is 28.4 Å². The molecular weight excluding hydrogens is 348 g/mol. The van der Waals surface area contributed by atoms with Gasteiger partial charge in [0.2, 0.25) is 15.9 Å². The first kappa shape index (κ1) is 18.3. The lowest BCUT2D eigenvalue weighted by molar-refractivity contribution is -0.114. The minimum atomic E-state index is -3.61. The third-order valence-corrected chi connectivity index (χ3v) is 5.88. The summed E-state index contributed by atoms with van der Waals surface area (Å²) in [5.41, 5.74) is 0.539. The van der Waals surface area contributed by atoms with Gasteiger partial charge in [0.05, 0.1) is 9.77 Å². The SMILES string of the molecule is CC(=O)Nc1ccc(S(=O)(=O)NCCc2ccc(C(C)=O)s2)cc1. The molecule has 2 aromatic rings. The molecular formula is C16H18N2O4S2. The predicted octanol–water partition coefficient (Wildman–Crippen LogP) is 2.43. The molecule has 0 spiro atoms. The number of sulfonamides is 1. The van der Waals surface area contributed by atoms with Crippen LogP contribution in [0.4, 0.5) is 5.69 Å². The molecule has 8 heteroatoms. The van der Waals surface area contributed by atoms with Gasteiger partial charge in [0, 0.05) is 24.0 Å². The second kappa shape index (κ2) is 7.69. The minimum absolute atomic E-state index is 0.00564. The van der Waals surface area contributed by atoms with E-state index in [4.69, 9.17) is 0 Å². The molecule has 24 heavy (non-hydrogen) atoms. The summed E-state index contributed by atoms with van der Waals surface area (Å²) in [6.45, 7) is 3.13. The normalized spacial score (nSPS) is 11.2. The van der Waals surface area contributed by atoms with Crippen LogP contribution in [0.2, 0.25) is 0 Å². The maximum atomic E-state index is 12.2. The Morgan fingerprint density at radius 2 is 1.71 bits per heavy atom. The molecule has 1 amide bonds. The largest absolute Gasteiger partial charge is 0.326 e. The van der Waals surface area contributed by atoms with Gasteiger partial charge in [0.15, 0.2) is 5.78 Å². The Bertz CT molecular complexity index is 839. The van der Waals surface area contributed by atoms with Gasteiger partial charge < -0.3 is 5.32 Å². The fraction of sp³-hybridized carbons (Fsp3) is 0.250. The number of nitrogens with one attached hydrogen (secondary N) is 2. The van der Waals surface area contributed by atoms with E-state index in [1.807, 2.05) is 6.07 Å². The molecule has 0 saturated carbocycles. The van der Waals surface area contributed by atoms with E-state index >= 15 is 0 Å². The lowest BCUT2D eigenvalue weighted by Gasteiger charge is -2.07. The number of ketones is 1. The van der Waals surface area contributed by atoms with Gasteiger partial charge in [-0.3, -0.25) is 9.59 Å². The van der Waals surface area contributed by atoms with E-state index in [9.17, 15) is 18.0 Å². The average molecular weight is 366 g/mol. The second-order valence-corrected chi connectivity index (χ2v) is 8.11. The molecule has 0 saturated heterocycles. The molecule has 0 aliphatic rings. The fourth-order valence-corrected chi connectivity index (χ4v) is 3.95. The van der Waals surface area contributed by atoms with Crippen LogP contribution in [0.5, 0.6) is 0 Å². The molecule has 0 atom stereocenters. The molecule has 2 rings (SSSR count). The van der Waals surface area contributed by atoms with Crippen molar-refractivity contribution in [2.45, 2.75) is 25.2 Å². The monoisotopic (exact) mass is 366 g/mol. The molecule has 128 valence electrons. The van der Waals surface area contributed by atoms with Crippen molar-refractivity contribution in [3.05, 3.63) is 46.2 Å². The summed E-state index contributed by atoms with van der Waals surface area (Å²) < 4.78 is 27.0. The average Bonchev–Trinajstić information content (AvgIpc) is 2.96. The minimum Gasteiger partial charge on any atom is -0.326 e. The Morgan fingerprint density at radius 3 is 2.25 bits per heavy atom. The number of carbonyl (C=O) groups is 2. The van der Waals surface area contributed by atoms with Gasteiger partial charge in [-0.25, -0.2) is 13.1 Å². The zero-order chi connectivity index (χ0) is 17.7. The van der Waals surface area contributed by atoms with Crippen molar-refractivity contribution in [1.29, 1.82) is 0 Å². The molecule has 0 unspecified atom stereocenters. The first-order valence-corrected chi connectivity index (χ1v) is 9.55. The number of carbonyl (C=O) groups excluding carboxylic acids is 2. The van der Waals surface area contributed by atoms with Crippen molar-refractivity contribution >= 4 is 38.7 Å². The summed E-state index contributed by atoms with van der Waals surface area (Å²) in [5.74, 6) is -0.212. The lowest BCUT2D eigenvalue weighted by atomic mass is 10.3. The van der Waals surface area contributed by atoms with Gasteiger partial charge in [-0.1, -0.05) is 0 Å². The number of benzene rings is 1. The summed E-state index contributed by atoms with van der Waals surface area (Å²) in [6, 6.07) is 9.53. The van der Waals surface area contributed by atoms with E-state index in [0.717, 1.165) is 4.88 Å². The summed E-state index contributed by atoms with van der Waals surface area (Å²) in [7, 11) is -3.61. The van der Waals surface area contributed by atoms with Crippen LogP contribution in [0.25, 0.3) is 0 Å². The van der Waals surface area contributed by atoms with Gasteiger partial charge in [0.1, 0.15) is 0 Å². The summed E-state index contributed by atoms with van der Waals surface area (Å²) in [6.07, 6.45) is 0.515. The van der Waals surface area contributed by atoms with Gasteiger partial charge in [-0.2, -0.15) is 0 Å². The highest BCUT2D eigenvalue weighted by Crippen LogP contribution is 2.18. The van der Waals surface area contributed by atoms with Crippen molar-refractivity contribution < 1.29 is 18.0 Å². The molecule has 0 aliphatic heterocycles. The number of hydrogen-bond acceptors (Lipinski definition) is 5. The molecule has 0 radical (unpaired) electrons. The van der Waals surface area contributed by atoms with Gasteiger partial charge in [0.25, 0.3) is 0 Å². The fourth-order valence-electron chi connectivity index (χ4n) is 2.01. The third kappa shape index (κ3) is 4.98. The van der Waals surface area contributed by atoms with E-state index in [1.165, 1.54) is 49.4 Å². The Labute approximate surface area is 145 Å². The first-order valence-electron chi connectivity index (χ1n) is 7.25. The highest BCUT2D eigenvalue weighted by atomic mass is 32.2. The summed E-state index contributed by atoms with van der Waals surface area (Å²) in [4.78, 5) is 23.9. The first-order chi connectivity index (χ1) is 11.3. The van der Waals surface area contributed by atoms with Crippen LogP contribution in [0.15, 0.2) is 41.3 Å². The molecule has 1 heterocycles. The topological polar surface area (TPSA) is 92.3 Å². The van der Waals surface area contributed by atoms with E-state index in [-0.39, 0.29) is 23.1 Å². The molecule has 0 bridgehead atoms. The Hall–Kier alpha value is -2.03. The van der Waals surface area contributed by atoms with Gasteiger partial charge in [-0.05, 0) is 49.7 Å². The summed E-state index contributed by atoms with van der Waals surface area (Å²) >= 11 is 1.37. The van der Waals surface area contributed by atoms with Gasteiger partial charge in [-0.15, -0.1) is 11.3 Å². The highest BCUT2D eigenvalue weighted by Gasteiger charge is 2.14. The van der Waals surface area contributed by atoms with E-state index < -0.39 is 10.0 Å². The third-order valence-electron chi connectivity index (χ3n) is 3.16. The van der Waals surface area contributed by atoms with E-state index in [2.05, 4.69) is 10.0 Å². The molecule has 1 aromatic heterocycles. The smallest absolute Gasteiger partial charge is 0.240 e. The van der Waals surface area contributed by atoms with Gasteiger partial charge >= 0.3 is 0 Å². The standard InChI is InChI=1S/C16H18N2O4S2/c1-11(19)16-8-5-14(23-16)9-10-17-24(21,22)15-6-3-13(4-7-15)18-12(2)20/h3-8,17H,9-10H2,1-2H3,(H,18,20). The van der Waals surface area contributed by atoms with Crippen molar-refractivity contribution in [2.75, 3.05) is 11.9 Å². The van der Waals surface area contributed by atoms with Crippen molar-refractivity contribution in [3.8, 4) is 0 Å². The van der Waals surface area contributed by atoms with Crippen molar-refractivity contribution in [1.82, 2.24) is 4.72 Å². The van der Waals surface area contributed by atoms with E-state index in [0.29, 0.717) is 17.0 Å². The highest BCUT2D eigenvalue weighted by molar-refractivity contribution is 7.89. The zero-order valence-electron chi connectivity index (χ0n) is 13.3. The van der Waals surface area contributed by atoms with Crippen LogP contribution < -0.4 is 10.0 Å². The zero-order valence-corrected chi connectivity index (χ0v) is 15.0. The molecule has 1 aromatic carbocycles. The number of Topliss-reactive ketones (excluding diaryl/α,β-unsaturated/α-hetero) is 1. The van der Waals surface area contributed by atoms with Crippen LogP contribution in [-0.4, -0.2) is 26.7 Å². The number of amides is 1. The predicted molar refractivity (Wildman–Crippen MR) is 94.0 cm³/mol. The van der Waals surface area contributed by atoms with Crippen LogP contribution in [0, 0.1) is 0 Å². The van der Waals surface area contributed by atoms with Crippen molar-refractivity contribution in [2.24, 2.45) is 0 Å². The number of rotatable bonds is 7. The van der Waals surface area contributed by atoms with E-state index in [1.54, 1.807) is 6.07 Å². The van der Waals surface area contributed by atoms with Crippen LogP contribution in [0.3, 0.4) is 0 Å². The van der Waals surface area contributed by atoms with Crippen LogP contribution in [-0.2, 0) is 21.2 Å². The second-order valence-electron chi connectivity index (χ2n) is 5.18. The number of anilines is 1. The quantitative estimate of drug-likeness (QED) is 0.736. The number of hydrogen-bond donors (Lipinski definition) is 2. The maximum Gasteiger partial charge on any atom is 0.240 e. The molecule has 0 aliphatic carbocycles. The Kier molecular flexibility index (Phi) is 5.87. The lowest BCUT2D eigenvalue weighted by Crippen LogP contribution is -2.25. The molecule has 2 N–H and O–H groups in total. The Morgan fingerprint density at radius 1 is 1.04 bits per heavy atom.